The molecule has 2 heterocycles. The van der Waals surface area contributed by atoms with E-state index in [1.54, 1.807) is 36.4 Å². The van der Waals surface area contributed by atoms with Crippen molar-refractivity contribution < 1.29 is 23.8 Å². The van der Waals surface area contributed by atoms with E-state index in [2.05, 4.69) is 15.3 Å². The van der Waals surface area contributed by atoms with Crippen LogP contribution in [0.4, 0.5) is 8.78 Å². The van der Waals surface area contributed by atoms with Gasteiger partial charge in [-0.15, -0.1) is 0 Å². The largest absolute Gasteiger partial charge is 0.396 e. The second-order valence-corrected chi connectivity index (χ2v) is 7.83. The smallest absolute Gasteiger partial charge is 0.252 e. The fraction of sp³-hybridized carbons (Fsp3) is 0.192. The van der Waals surface area contributed by atoms with Gasteiger partial charge in [0.2, 0.25) is 0 Å². The molecule has 0 bridgehead atoms. The Kier molecular flexibility index (Phi) is 7.20. The molecular formula is C26H23F2N3O3. The van der Waals surface area contributed by atoms with E-state index in [9.17, 15) is 23.8 Å². The normalized spacial score (nSPS) is 14.8. The van der Waals surface area contributed by atoms with Crippen molar-refractivity contribution in [1.82, 2.24) is 10.3 Å². The molecule has 3 N–H and O–H groups in total. The standard InChI is InChI=1S/C26H23F2N3O3/c27-18-9-7-16(8-10-18)17-14-23(30-15-17)24-19(4-3-5-20(24)28)26(34)31-22(11-13-32)25(33)21-6-1-2-12-29-21/h1-10,12,14,22,25,32-33H,11,13,15H2,(H,31,34)/t22-,25?/m0/s1. The summed E-state index contributed by atoms with van der Waals surface area (Å²) in [5.41, 5.74) is 2.25. The lowest BCUT2D eigenvalue weighted by molar-refractivity contribution is 0.0778. The molecule has 0 fully saturated rings. The summed E-state index contributed by atoms with van der Waals surface area (Å²) in [6.07, 6.45) is 2.10. The van der Waals surface area contributed by atoms with Gasteiger partial charge >= 0.3 is 0 Å². The molecule has 0 spiro atoms. The van der Waals surface area contributed by atoms with Crippen LogP contribution in [-0.4, -0.2) is 46.0 Å². The van der Waals surface area contributed by atoms with Crippen molar-refractivity contribution in [2.24, 2.45) is 4.99 Å². The van der Waals surface area contributed by atoms with Gasteiger partial charge in [-0.05, 0) is 60.0 Å². The number of pyridine rings is 1. The molecule has 1 unspecified atom stereocenters. The third kappa shape index (κ3) is 5.08. The van der Waals surface area contributed by atoms with Gasteiger partial charge in [0.15, 0.2) is 0 Å². The van der Waals surface area contributed by atoms with Gasteiger partial charge in [-0.25, -0.2) is 8.78 Å². The SMILES string of the molecule is O=C(N[C@@H](CCO)C(O)c1ccccn1)c1cccc(F)c1C1=NCC(c2ccc(F)cc2)=C1. The first kappa shape index (κ1) is 23.4. The van der Waals surface area contributed by atoms with Crippen LogP contribution in [0.1, 0.15) is 39.7 Å². The van der Waals surface area contributed by atoms with Crippen LogP contribution in [0.3, 0.4) is 0 Å². The van der Waals surface area contributed by atoms with E-state index in [1.807, 2.05) is 0 Å². The Bertz CT molecular complexity index is 1230. The number of rotatable bonds is 8. The Hall–Kier alpha value is -3.75. The number of aromatic nitrogens is 1. The summed E-state index contributed by atoms with van der Waals surface area (Å²) < 4.78 is 28.2. The van der Waals surface area contributed by atoms with Crippen molar-refractivity contribution in [3.05, 3.63) is 107 Å². The predicted molar refractivity (Wildman–Crippen MR) is 124 cm³/mol. The molecule has 1 aromatic heterocycles. The highest BCUT2D eigenvalue weighted by Crippen LogP contribution is 2.26. The minimum atomic E-state index is -1.16. The van der Waals surface area contributed by atoms with Crippen molar-refractivity contribution in [2.45, 2.75) is 18.6 Å². The molecule has 0 aliphatic carbocycles. The Balaban J connectivity index is 1.61. The minimum absolute atomic E-state index is 0.0344. The fourth-order valence-electron chi connectivity index (χ4n) is 3.84. The predicted octanol–water partition coefficient (Wildman–Crippen LogP) is 3.46. The van der Waals surface area contributed by atoms with Gasteiger partial charge in [-0.1, -0.05) is 24.3 Å². The molecule has 1 amide bonds. The molecule has 2 atom stereocenters. The van der Waals surface area contributed by atoms with Gasteiger partial charge in [0.1, 0.15) is 17.7 Å². The van der Waals surface area contributed by atoms with Crippen molar-refractivity contribution in [2.75, 3.05) is 13.2 Å². The van der Waals surface area contributed by atoms with E-state index < -0.39 is 23.9 Å². The van der Waals surface area contributed by atoms with Crippen LogP contribution < -0.4 is 5.32 Å². The summed E-state index contributed by atoms with van der Waals surface area (Å²) in [7, 11) is 0. The van der Waals surface area contributed by atoms with Crippen LogP contribution in [0, 0.1) is 11.6 Å². The average molecular weight is 463 g/mol. The van der Waals surface area contributed by atoms with Crippen LogP contribution in [0.15, 0.2) is 77.9 Å². The van der Waals surface area contributed by atoms with Crippen LogP contribution in [-0.2, 0) is 0 Å². The summed E-state index contributed by atoms with van der Waals surface area (Å²) in [6.45, 7) is -0.0107. The summed E-state index contributed by atoms with van der Waals surface area (Å²) in [6, 6.07) is 14.2. The molecule has 8 heteroatoms. The number of aliphatic hydroxyl groups excluding tert-OH is 2. The first-order valence-electron chi connectivity index (χ1n) is 10.8. The van der Waals surface area contributed by atoms with Crippen LogP contribution in [0.25, 0.3) is 5.57 Å². The number of hydrogen-bond donors (Lipinski definition) is 3. The van der Waals surface area contributed by atoms with Gasteiger partial charge < -0.3 is 15.5 Å². The number of aliphatic hydroxyl groups is 2. The zero-order valence-corrected chi connectivity index (χ0v) is 18.2. The first-order valence-corrected chi connectivity index (χ1v) is 10.8. The fourth-order valence-corrected chi connectivity index (χ4v) is 3.84. The number of allylic oxidation sites excluding steroid dienone is 1. The van der Waals surface area contributed by atoms with E-state index in [4.69, 9.17) is 0 Å². The topological polar surface area (TPSA) is 94.8 Å². The Labute approximate surface area is 195 Å². The number of aliphatic imine (C=N–C) groups is 1. The number of nitrogens with zero attached hydrogens (tertiary/aromatic N) is 2. The number of nitrogens with one attached hydrogen (secondary N) is 1. The molecule has 0 saturated heterocycles. The molecule has 3 aromatic rings. The molecule has 4 rings (SSSR count). The van der Waals surface area contributed by atoms with Gasteiger partial charge in [0.05, 0.1) is 29.6 Å². The number of hydrogen-bond acceptors (Lipinski definition) is 5. The molecule has 1 aliphatic rings. The minimum Gasteiger partial charge on any atom is -0.396 e. The van der Waals surface area contributed by atoms with E-state index in [0.717, 1.165) is 11.1 Å². The summed E-state index contributed by atoms with van der Waals surface area (Å²) in [5, 5.41) is 22.8. The lowest BCUT2D eigenvalue weighted by atomic mass is 9.98. The summed E-state index contributed by atoms with van der Waals surface area (Å²) in [4.78, 5) is 21.7. The molecule has 2 aromatic carbocycles. The van der Waals surface area contributed by atoms with Crippen molar-refractivity contribution in [3.63, 3.8) is 0 Å². The highest BCUT2D eigenvalue weighted by atomic mass is 19.1. The van der Waals surface area contributed by atoms with E-state index in [1.165, 1.54) is 36.5 Å². The molecule has 0 saturated carbocycles. The van der Waals surface area contributed by atoms with Gasteiger partial charge in [0, 0.05) is 18.4 Å². The Morgan fingerprint density at radius 3 is 2.56 bits per heavy atom. The molecule has 174 valence electrons. The highest BCUT2D eigenvalue weighted by molar-refractivity contribution is 6.19. The monoisotopic (exact) mass is 463 g/mol. The van der Waals surface area contributed by atoms with Gasteiger partial charge in [0.25, 0.3) is 5.91 Å². The first-order chi connectivity index (χ1) is 16.5. The molecule has 34 heavy (non-hydrogen) atoms. The van der Waals surface area contributed by atoms with Crippen LogP contribution in [0.5, 0.6) is 0 Å². The quantitative estimate of drug-likeness (QED) is 0.477. The Morgan fingerprint density at radius 2 is 1.85 bits per heavy atom. The zero-order valence-electron chi connectivity index (χ0n) is 18.2. The van der Waals surface area contributed by atoms with Crippen LogP contribution >= 0.6 is 0 Å². The molecule has 1 aliphatic heterocycles. The number of amides is 1. The summed E-state index contributed by atoms with van der Waals surface area (Å²) >= 11 is 0. The Morgan fingerprint density at radius 1 is 1.06 bits per heavy atom. The third-order valence-corrected chi connectivity index (χ3v) is 5.59. The lowest BCUT2D eigenvalue weighted by Gasteiger charge is -2.24. The zero-order chi connectivity index (χ0) is 24.1. The maximum Gasteiger partial charge on any atom is 0.252 e. The van der Waals surface area contributed by atoms with Crippen molar-refractivity contribution in [1.29, 1.82) is 0 Å². The van der Waals surface area contributed by atoms with Crippen molar-refractivity contribution in [3.8, 4) is 0 Å². The number of halogens is 2. The van der Waals surface area contributed by atoms with E-state index in [0.29, 0.717) is 11.4 Å². The second-order valence-electron chi connectivity index (χ2n) is 7.83. The second kappa shape index (κ2) is 10.5. The van der Waals surface area contributed by atoms with E-state index >= 15 is 0 Å². The van der Waals surface area contributed by atoms with E-state index in [-0.39, 0.29) is 36.5 Å². The molecular weight excluding hydrogens is 440 g/mol. The third-order valence-electron chi connectivity index (χ3n) is 5.59. The maximum atomic E-state index is 14.9. The molecule has 6 nitrogen and oxygen atoms in total. The average Bonchev–Trinajstić information content (AvgIpc) is 3.34. The van der Waals surface area contributed by atoms with Crippen LogP contribution in [0.2, 0.25) is 0 Å². The van der Waals surface area contributed by atoms with Crippen molar-refractivity contribution >= 4 is 17.2 Å². The highest BCUT2D eigenvalue weighted by Gasteiger charge is 2.27. The lowest BCUT2D eigenvalue weighted by Crippen LogP contribution is -2.40. The van der Waals surface area contributed by atoms with Gasteiger partial charge in [-0.2, -0.15) is 0 Å². The number of benzene rings is 2. The number of carbonyl (C=O) groups excluding carboxylic acids is 1. The van der Waals surface area contributed by atoms with Gasteiger partial charge in [-0.3, -0.25) is 14.8 Å². The summed E-state index contributed by atoms with van der Waals surface area (Å²) in [5.74, 6) is -1.59. The maximum absolute atomic E-state index is 14.9. The molecule has 0 radical (unpaired) electrons. The number of carbonyl (C=O) groups is 1.